The summed E-state index contributed by atoms with van der Waals surface area (Å²) in [4.78, 5) is 11.3. The molecule has 0 radical (unpaired) electrons. The van der Waals surface area contributed by atoms with Crippen LogP contribution in [0.25, 0.3) is 0 Å². The van der Waals surface area contributed by atoms with Gasteiger partial charge in [-0.25, -0.2) is 5.43 Å². The van der Waals surface area contributed by atoms with Crippen molar-refractivity contribution < 1.29 is 24.1 Å². The van der Waals surface area contributed by atoms with Crippen molar-refractivity contribution in [3.05, 3.63) is 59.7 Å². The number of hydrogen-bond acceptors (Lipinski definition) is 7. The number of nitrogens with one attached hydrogen (secondary N) is 2. The first-order valence-corrected chi connectivity index (χ1v) is 12.9. The molecule has 1 atom stereocenters. The smallest absolute Gasteiger partial charge is 0.240 e. The van der Waals surface area contributed by atoms with Crippen molar-refractivity contribution in [3.63, 3.8) is 0 Å². The summed E-state index contributed by atoms with van der Waals surface area (Å²) in [5.74, 6) is 2.28. The molecular formula is C28H37N3O5. The standard InChI is InChI=1S/C28H37N3O5/c32-24(20-36-25-9-7-21(8-10-25)13-16-34-19-22-5-6-22)18-29-14-2-15-35-26-4-1-3-23(17-26)27-11-12-28(33)31-30-27/h1,3-4,7-10,17,22,24,29,32H,2,5-6,11-16,18-20H2,(H,31,33). The number of carbonyl (C=O) groups excluding carboxylic acids is 1. The number of ether oxygens (including phenoxy) is 3. The van der Waals surface area contributed by atoms with Crippen LogP contribution in [0.3, 0.4) is 0 Å². The Balaban J connectivity index is 1.04. The summed E-state index contributed by atoms with van der Waals surface area (Å²) in [5, 5.41) is 17.6. The molecule has 2 aromatic rings. The molecule has 1 heterocycles. The summed E-state index contributed by atoms with van der Waals surface area (Å²) < 4.78 is 17.3. The molecule has 8 nitrogen and oxygen atoms in total. The molecular weight excluding hydrogens is 458 g/mol. The van der Waals surface area contributed by atoms with Gasteiger partial charge >= 0.3 is 0 Å². The van der Waals surface area contributed by atoms with E-state index in [0.29, 0.717) is 26.0 Å². The minimum absolute atomic E-state index is 0.0511. The summed E-state index contributed by atoms with van der Waals surface area (Å²) in [7, 11) is 0. The Morgan fingerprint density at radius 3 is 2.69 bits per heavy atom. The SMILES string of the molecule is O=C1CCC(c2cccc(OCCCNCC(O)COc3ccc(CCOCC4CC4)cc3)c2)=NN1. The number of rotatable bonds is 16. The summed E-state index contributed by atoms with van der Waals surface area (Å²) in [6.45, 7) is 3.64. The first-order valence-electron chi connectivity index (χ1n) is 12.9. The third-order valence-corrected chi connectivity index (χ3v) is 6.17. The van der Waals surface area contributed by atoms with Crippen LogP contribution < -0.4 is 20.2 Å². The zero-order chi connectivity index (χ0) is 25.0. The van der Waals surface area contributed by atoms with Gasteiger partial charge in [0.25, 0.3) is 0 Å². The largest absolute Gasteiger partial charge is 0.494 e. The van der Waals surface area contributed by atoms with Crippen molar-refractivity contribution in [3.8, 4) is 11.5 Å². The topological polar surface area (TPSA) is 101 Å². The Hall–Kier alpha value is -2.94. The van der Waals surface area contributed by atoms with Gasteiger partial charge in [0.1, 0.15) is 24.2 Å². The van der Waals surface area contributed by atoms with E-state index in [1.165, 1.54) is 18.4 Å². The predicted molar refractivity (Wildman–Crippen MR) is 139 cm³/mol. The highest BCUT2D eigenvalue weighted by atomic mass is 16.5. The number of aliphatic hydroxyl groups is 1. The Morgan fingerprint density at radius 2 is 1.92 bits per heavy atom. The second-order valence-electron chi connectivity index (χ2n) is 9.40. The molecule has 4 rings (SSSR count). The van der Waals surface area contributed by atoms with E-state index in [1.807, 2.05) is 36.4 Å². The summed E-state index contributed by atoms with van der Waals surface area (Å²) in [5.41, 5.74) is 5.58. The number of hydrogen-bond donors (Lipinski definition) is 3. The number of benzene rings is 2. The van der Waals surface area contributed by atoms with Crippen molar-refractivity contribution in [1.29, 1.82) is 0 Å². The zero-order valence-corrected chi connectivity index (χ0v) is 20.8. The average Bonchev–Trinajstić information content (AvgIpc) is 3.73. The van der Waals surface area contributed by atoms with Crippen molar-refractivity contribution in [1.82, 2.24) is 10.7 Å². The molecule has 1 unspecified atom stereocenters. The van der Waals surface area contributed by atoms with Gasteiger partial charge in [0, 0.05) is 31.6 Å². The van der Waals surface area contributed by atoms with Gasteiger partial charge in [0.2, 0.25) is 5.91 Å². The van der Waals surface area contributed by atoms with Crippen LogP contribution in [0.15, 0.2) is 53.6 Å². The molecule has 1 aliphatic heterocycles. The Kier molecular flexibility index (Phi) is 10.1. The van der Waals surface area contributed by atoms with E-state index in [4.69, 9.17) is 14.2 Å². The number of hydrazone groups is 1. The Bertz CT molecular complexity index is 991. The van der Waals surface area contributed by atoms with E-state index in [2.05, 4.69) is 28.0 Å². The predicted octanol–water partition coefficient (Wildman–Crippen LogP) is 3.07. The monoisotopic (exact) mass is 495 g/mol. The van der Waals surface area contributed by atoms with Gasteiger partial charge in [-0.15, -0.1) is 0 Å². The fourth-order valence-electron chi connectivity index (χ4n) is 3.83. The molecule has 2 aromatic carbocycles. The van der Waals surface area contributed by atoms with E-state index in [-0.39, 0.29) is 12.5 Å². The van der Waals surface area contributed by atoms with Crippen LogP contribution in [0.4, 0.5) is 0 Å². The van der Waals surface area contributed by atoms with Gasteiger partial charge in [-0.2, -0.15) is 5.10 Å². The minimum Gasteiger partial charge on any atom is -0.494 e. The van der Waals surface area contributed by atoms with Gasteiger partial charge in [-0.1, -0.05) is 24.3 Å². The van der Waals surface area contributed by atoms with Gasteiger partial charge in [-0.3, -0.25) is 4.79 Å². The van der Waals surface area contributed by atoms with Gasteiger partial charge in [-0.05, 0) is 68.0 Å². The first kappa shape index (κ1) is 26.1. The number of carbonyl (C=O) groups is 1. The third kappa shape index (κ3) is 9.26. The van der Waals surface area contributed by atoms with Gasteiger partial charge in [0.15, 0.2) is 0 Å². The molecule has 0 bridgehead atoms. The lowest BCUT2D eigenvalue weighted by molar-refractivity contribution is -0.121. The van der Waals surface area contributed by atoms with Crippen LogP contribution in [0.2, 0.25) is 0 Å². The molecule has 3 N–H and O–H groups in total. The van der Waals surface area contributed by atoms with Crippen molar-refractivity contribution >= 4 is 11.6 Å². The molecule has 1 fully saturated rings. The fourth-order valence-corrected chi connectivity index (χ4v) is 3.83. The van der Waals surface area contributed by atoms with E-state index in [9.17, 15) is 9.90 Å². The molecule has 194 valence electrons. The normalized spacial score (nSPS) is 16.2. The lowest BCUT2D eigenvalue weighted by Gasteiger charge is -2.14. The number of nitrogens with zero attached hydrogens (tertiary/aromatic N) is 1. The van der Waals surface area contributed by atoms with Crippen molar-refractivity contribution in [2.45, 2.75) is 44.6 Å². The van der Waals surface area contributed by atoms with Crippen LogP contribution >= 0.6 is 0 Å². The molecule has 8 heteroatoms. The molecule has 0 saturated heterocycles. The van der Waals surface area contributed by atoms with Crippen molar-refractivity contribution in [2.75, 3.05) is 39.5 Å². The lowest BCUT2D eigenvalue weighted by Crippen LogP contribution is -2.32. The van der Waals surface area contributed by atoms with Crippen LogP contribution in [0.1, 0.15) is 43.2 Å². The highest BCUT2D eigenvalue weighted by molar-refractivity contribution is 6.04. The molecule has 2 aliphatic rings. The van der Waals surface area contributed by atoms with Crippen LogP contribution in [-0.2, 0) is 16.0 Å². The minimum atomic E-state index is -0.588. The Labute approximate surface area is 213 Å². The highest BCUT2D eigenvalue weighted by Crippen LogP contribution is 2.28. The maximum absolute atomic E-state index is 11.3. The third-order valence-electron chi connectivity index (χ3n) is 6.17. The highest BCUT2D eigenvalue weighted by Gasteiger charge is 2.20. The maximum Gasteiger partial charge on any atom is 0.240 e. The first-order chi connectivity index (χ1) is 17.7. The van der Waals surface area contributed by atoms with Gasteiger partial charge in [0.05, 0.1) is 18.9 Å². The summed E-state index contributed by atoms with van der Waals surface area (Å²) in [6, 6.07) is 15.7. The fraction of sp³-hybridized carbons (Fsp3) is 0.500. The quantitative estimate of drug-likeness (QED) is 0.310. The molecule has 1 amide bonds. The summed E-state index contributed by atoms with van der Waals surface area (Å²) in [6.07, 6.45) is 4.84. The lowest BCUT2D eigenvalue weighted by atomic mass is 10.0. The summed E-state index contributed by atoms with van der Waals surface area (Å²) >= 11 is 0. The number of aliphatic hydroxyl groups excluding tert-OH is 1. The average molecular weight is 496 g/mol. The maximum atomic E-state index is 11.3. The van der Waals surface area contributed by atoms with Gasteiger partial charge < -0.3 is 24.6 Å². The van der Waals surface area contributed by atoms with E-state index >= 15 is 0 Å². The van der Waals surface area contributed by atoms with E-state index in [0.717, 1.165) is 61.3 Å². The van der Waals surface area contributed by atoms with E-state index in [1.54, 1.807) is 0 Å². The molecule has 0 spiro atoms. The molecule has 0 aromatic heterocycles. The molecule has 1 saturated carbocycles. The Morgan fingerprint density at radius 1 is 1.06 bits per heavy atom. The van der Waals surface area contributed by atoms with Crippen LogP contribution in [0, 0.1) is 5.92 Å². The second-order valence-corrected chi connectivity index (χ2v) is 9.40. The zero-order valence-electron chi connectivity index (χ0n) is 20.8. The number of amides is 1. The second kappa shape index (κ2) is 14.0. The van der Waals surface area contributed by atoms with Crippen LogP contribution in [0.5, 0.6) is 11.5 Å². The van der Waals surface area contributed by atoms with Crippen LogP contribution in [-0.4, -0.2) is 62.3 Å². The molecule has 1 aliphatic carbocycles. The van der Waals surface area contributed by atoms with E-state index < -0.39 is 6.10 Å². The van der Waals surface area contributed by atoms with Crippen molar-refractivity contribution in [2.24, 2.45) is 11.0 Å². The molecule has 36 heavy (non-hydrogen) atoms.